The average molecular weight is 257 g/mol. The molecule has 0 aliphatic carbocycles. The molecule has 1 amide bonds. The summed E-state index contributed by atoms with van der Waals surface area (Å²) >= 11 is 1.43. The van der Waals surface area contributed by atoms with Crippen LogP contribution in [0.15, 0.2) is 11.6 Å². The van der Waals surface area contributed by atoms with Crippen molar-refractivity contribution < 1.29 is 14.3 Å². The van der Waals surface area contributed by atoms with E-state index in [4.69, 9.17) is 4.74 Å². The monoisotopic (exact) mass is 257 g/mol. The van der Waals surface area contributed by atoms with Crippen molar-refractivity contribution in [2.24, 2.45) is 5.92 Å². The van der Waals surface area contributed by atoms with E-state index in [9.17, 15) is 9.59 Å². The summed E-state index contributed by atoms with van der Waals surface area (Å²) < 4.78 is 5.14. The van der Waals surface area contributed by atoms with E-state index in [0.717, 1.165) is 6.42 Å². The van der Waals surface area contributed by atoms with Crippen molar-refractivity contribution in [3.05, 3.63) is 11.6 Å². The van der Waals surface area contributed by atoms with Crippen LogP contribution in [0.25, 0.3) is 0 Å². The summed E-state index contributed by atoms with van der Waals surface area (Å²) in [5.41, 5.74) is 0. The first-order chi connectivity index (χ1) is 8.02. The van der Waals surface area contributed by atoms with E-state index in [1.807, 2.05) is 5.41 Å². The molecule has 0 aromatic carbocycles. The molecule has 1 aliphatic rings. The molecule has 0 N–H and O–H groups in total. The Morgan fingerprint density at radius 2 is 2.24 bits per heavy atom. The highest BCUT2D eigenvalue weighted by Crippen LogP contribution is 2.15. The van der Waals surface area contributed by atoms with Crippen LogP contribution >= 0.6 is 11.8 Å². The first-order valence-corrected chi connectivity index (χ1v) is 6.83. The molecule has 96 valence electrons. The van der Waals surface area contributed by atoms with Gasteiger partial charge in [-0.2, -0.15) is 0 Å². The van der Waals surface area contributed by atoms with Crippen molar-refractivity contribution >= 4 is 23.6 Å². The van der Waals surface area contributed by atoms with Gasteiger partial charge >= 0.3 is 5.97 Å². The number of carbonyl (C=O) groups is 2. The summed E-state index contributed by atoms with van der Waals surface area (Å²) in [7, 11) is 0. The van der Waals surface area contributed by atoms with E-state index in [-0.39, 0.29) is 11.9 Å². The first kappa shape index (κ1) is 14.1. The lowest BCUT2D eigenvalue weighted by Crippen LogP contribution is -2.42. The minimum absolute atomic E-state index is 0.0502. The van der Waals surface area contributed by atoms with Crippen LogP contribution in [-0.2, 0) is 14.3 Å². The molecule has 5 heteroatoms. The fraction of sp³-hybridized carbons (Fsp3) is 0.667. The fourth-order valence-corrected chi connectivity index (χ4v) is 1.97. The molecule has 0 radical (unpaired) electrons. The third-order valence-corrected chi connectivity index (χ3v) is 3.24. The Balaban J connectivity index is 2.43. The summed E-state index contributed by atoms with van der Waals surface area (Å²) in [4.78, 5) is 24.7. The normalized spacial score (nSPS) is 17.4. The van der Waals surface area contributed by atoms with Gasteiger partial charge in [-0.15, -0.1) is 11.8 Å². The van der Waals surface area contributed by atoms with Crippen molar-refractivity contribution in [1.82, 2.24) is 4.90 Å². The number of ether oxygens (including phenoxy) is 1. The maximum Gasteiger partial charge on any atom is 0.328 e. The van der Waals surface area contributed by atoms with E-state index < -0.39 is 6.04 Å². The van der Waals surface area contributed by atoms with E-state index in [2.05, 4.69) is 13.8 Å². The van der Waals surface area contributed by atoms with Crippen LogP contribution in [0.4, 0.5) is 0 Å². The molecular weight excluding hydrogens is 238 g/mol. The maximum absolute atomic E-state index is 11.7. The molecule has 1 heterocycles. The number of esters is 1. The Bertz CT molecular complexity index is 315. The molecule has 0 saturated carbocycles. The van der Waals surface area contributed by atoms with Gasteiger partial charge in [-0.05, 0) is 24.7 Å². The standard InChI is InChI=1S/C12H19NO3S/c1-9(2)4-6-16-12(15)10(3)13-5-7-17-8-11(13)14/h5,7,9-10H,4,6,8H2,1-3H3. The second kappa shape index (κ2) is 6.69. The van der Waals surface area contributed by atoms with Gasteiger partial charge in [-0.25, -0.2) is 4.79 Å². The van der Waals surface area contributed by atoms with Gasteiger partial charge in [0.2, 0.25) is 5.91 Å². The van der Waals surface area contributed by atoms with Gasteiger partial charge in [-0.3, -0.25) is 4.79 Å². The summed E-state index contributed by atoms with van der Waals surface area (Å²) in [6.45, 7) is 6.26. The molecule has 0 spiro atoms. The lowest BCUT2D eigenvalue weighted by Gasteiger charge is -2.26. The Morgan fingerprint density at radius 3 is 2.82 bits per heavy atom. The summed E-state index contributed by atoms with van der Waals surface area (Å²) in [5.74, 6) is 0.507. The number of hydrogen-bond donors (Lipinski definition) is 0. The Labute approximate surface area is 106 Å². The minimum atomic E-state index is -0.535. The van der Waals surface area contributed by atoms with Crippen molar-refractivity contribution in [2.45, 2.75) is 33.2 Å². The van der Waals surface area contributed by atoms with Crippen LogP contribution in [0.5, 0.6) is 0 Å². The topological polar surface area (TPSA) is 46.6 Å². The highest BCUT2D eigenvalue weighted by atomic mass is 32.2. The predicted octanol–water partition coefficient (Wildman–Crippen LogP) is 2.01. The summed E-state index contributed by atoms with van der Waals surface area (Å²) in [5, 5.41) is 1.82. The molecule has 1 unspecified atom stereocenters. The number of carbonyl (C=O) groups excluding carboxylic acids is 2. The smallest absolute Gasteiger partial charge is 0.328 e. The molecule has 1 rings (SSSR count). The quantitative estimate of drug-likeness (QED) is 0.707. The zero-order chi connectivity index (χ0) is 12.8. The van der Waals surface area contributed by atoms with Gasteiger partial charge in [0.25, 0.3) is 0 Å². The number of amides is 1. The summed E-state index contributed by atoms with van der Waals surface area (Å²) in [6.07, 6.45) is 2.49. The van der Waals surface area contributed by atoms with Gasteiger partial charge in [0.15, 0.2) is 0 Å². The van der Waals surface area contributed by atoms with Crippen LogP contribution in [0.1, 0.15) is 27.2 Å². The van der Waals surface area contributed by atoms with E-state index in [1.54, 1.807) is 13.1 Å². The van der Waals surface area contributed by atoms with Crippen LogP contribution in [0, 0.1) is 5.92 Å². The number of nitrogens with zero attached hydrogens (tertiary/aromatic N) is 1. The van der Waals surface area contributed by atoms with E-state index in [1.165, 1.54) is 16.7 Å². The molecular formula is C12H19NO3S. The van der Waals surface area contributed by atoms with Crippen LogP contribution in [0.3, 0.4) is 0 Å². The minimum Gasteiger partial charge on any atom is -0.464 e. The molecule has 0 aromatic rings. The van der Waals surface area contributed by atoms with Gasteiger partial charge < -0.3 is 9.64 Å². The number of hydrogen-bond acceptors (Lipinski definition) is 4. The Morgan fingerprint density at radius 1 is 1.53 bits per heavy atom. The molecule has 0 saturated heterocycles. The SMILES string of the molecule is CC(C)CCOC(=O)C(C)N1C=CSCC1=O. The van der Waals surface area contributed by atoms with Gasteiger partial charge in [0, 0.05) is 6.20 Å². The van der Waals surface area contributed by atoms with Crippen molar-refractivity contribution in [3.8, 4) is 0 Å². The van der Waals surface area contributed by atoms with Crippen LogP contribution in [0.2, 0.25) is 0 Å². The molecule has 1 atom stereocenters. The largest absolute Gasteiger partial charge is 0.464 e. The third kappa shape index (κ3) is 4.42. The zero-order valence-corrected chi connectivity index (χ0v) is 11.3. The number of thioether (sulfide) groups is 1. The highest BCUT2D eigenvalue weighted by molar-refractivity contribution is 8.02. The van der Waals surface area contributed by atoms with Gasteiger partial charge in [0.05, 0.1) is 12.4 Å². The molecule has 0 bridgehead atoms. The summed E-state index contributed by atoms with van der Waals surface area (Å²) in [6, 6.07) is -0.535. The second-order valence-corrected chi connectivity index (χ2v) is 5.32. The Kier molecular flexibility index (Phi) is 5.55. The highest BCUT2D eigenvalue weighted by Gasteiger charge is 2.26. The zero-order valence-electron chi connectivity index (χ0n) is 10.5. The lowest BCUT2D eigenvalue weighted by molar-refractivity contribution is -0.152. The molecule has 1 aliphatic heterocycles. The Hall–Kier alpha value is -0.970. The molecule has 0 aromatic heterocycles. The fourth-order valence-electron chi connectivity index (χ4n) is 1.36. The molecule has 0 fully saturated rings. The first-order valence-electron chi connectivity index (χ1n) is 5.78. The third-order valence-electron chi connectivity index (χ3n) is 2.51. The number of rotatable bonds is 5. The molecule has 4 nitrogen and oxygen atoms in total. The van der Waals surface area contributed by atoms with Gasteiger partial charge in [0.1, 0.15) is 6.04 Å². The lowest BCUT2D eigenvalue weighted by atomic mass is 10.1. The van der Waals surface area contributed by atoms with Crippen molar-refractivity contribution in [2.75, 3.05) is 12.4 Å². The van der Waals surface area contributed by atoms with Crippen molar-refractivity contribution in [1.29, 1.82) is 0 Å². The van der Waals surface area contributed by atoms with Crippen molar-refractivity contribution in [3.63, 3.8) is 0 Å². The van der Waals surface area contributed by atoms with E-state index in [0.29, 0.717) is 18.3 Å². The predicted molar refractivity (Wildman–Crippen MR) is 68.3 cm³/mol. The van der Waals surface area contributed by atoms with Crippen LogP contribution < -0.4 is 0 Å². The van der Waals surface area contributed by atoms with Crippen LogP contribution in [-0.4, -0.2) is 35.2 Å². The van der Waals surface area contributed by atoms with E-state index >= 15 is 0 Å². The second-order valence-electron chi connectivity index (χ2n) is 4.42. The molecule has 17 heavy (non-hydrogen) atoms. The average Bonchev–Trinajstić information content (AvgIpc) is 2.28. The van der Waals surface area contributed by atoms with Gasteiger partial charge in [-0.1, -0.05) is 13.8 Å². The maximum atomic E-state index is 11.7.